The lowest BCUT2D eigenvalue weighted by molar-refractivity contribution is -0.142. The Morgan fingerprint density at radius 1 is 1.38 bits per heavy atom. The SMILES string of the molecule is CCOC(=O)CCNC(=O)c1cc(C)nc2onc(C)c12. The predicted octanol–water partition coefficient (Wildman–Crippen LogP) is 1.52. The number of nitrogens with zero attached hydrogens (tertiary/aromatic N) is 2. The minimum absolute atomic E-state index is 0.134. The third-order valence-corrected chi connectivity index (χ3v) is 2.91. The van der Waals surface area contributed by atoms with Gasteiger partial charge in [-0.1, -0.05) is 5.16 Å². The van der Waals surface area contributed by atoms with Gasteiger partial charge in [-0.15, -0.1) is 0 Å². The molecule has 1 amide bonds. The highest BCUT2D eigenvalue weighted by atomic mass is 16.5. The molecule has 1 N–H and O–H groups in total. The van der Waals surface area contributed by atoms with Crippen LogP contribution in [0.4, 0.5) is 0 Å². The molecule has 0 spiro atoms. The van der Waals surface area contributed by atoms with Gasteiger partial charge in [0.25, 0.3) is 11.6 Å². The molecule has 0 saturated carbocycles. The minimum atomic E-state index is -0.338. The molecule has 0 atom stereocenters. The zero-order valence-corrected chi connectivity index (χ0v) is 12.2. The van der Waals surface area contributed by atoms with Crippen LogP contribution in [0, 0.1) is 13.8 Å². The molecule has 0 aliphatic carbocycles. The van der Waals surface area contributed by atoms with Crippen molar-refractivity contribution < 1.29 is 18.8 Å². The maximum absolute atomic E-state index is 12.2. The average molecular weight is 291 g/mol. The van der Waals surface area contributed by atoms with Gasteiger partial charge in [0.1, 0.15) is 0 Å². The van der Waals surface area contributed by atoms with Crippen molar-refractivity contribution in [3.63, 3.8) is 0 Å². The second-order valence-corrected chi connectivity index (χ2v) is 4.57. The third-order valence-electron chi connectivity index (χ3n) is 2.91. The number of hydrogen-bond acceptors (Lipinski definition) is 6. The Kier molecular flexibility index (Phi) is 4.52. The molecule has 7 heteroatoms. The molecule has 2 rings (SSSR count). The van der Waals surface area contributed by atoms with Crippen LogP contribution < -0.4 is 5.32 Å². The second kappa shape index (κ2) is 6.34. The first-order valence-corrected chi connectivity index (χ1v) is 6.70. The van der Waals surface area contributed by atoms with Gasteiger partial charge in [0.05, 0.1) is 29.7 Å². The highest BCUT2D eigenvalue weighted by molar-refractivity contribution is 6.06. The number of nitrogens with one attached hydrogen (secondary N) is 1. The van der Waals surface area contributed by atoms with E-state index in [4.69, 9.17) is 9.26 Å². The molecule has 0 bridgehead atoms. The third kappa shape index (κ3) is 3.36. The molecule has 2 heterocycles. The van der Waals surface area contributed by atoms with Gasteiger partial charge in [-0.2, -0.15) is 0 Å². The van der Waals surface area contributed by atoms with E-state index in [1.165, 1.54) is 0 Å². The number of amides is 1. The van der Waals surface area contributed by atoms with E-state index in [0.717, 1.165) is 0 Å². The number of fused-ring (bicyclic) bond motifs is 1. The zero-order valence-electron chi connectivity index (χ0n) is 12.2. The van der Waals surface area contributed by atoms with Crippen molar-refractivity contribution in [2.75, 3.05) is 13.2 Å². The summed E-state index contributed by atoms with van der Waals surface area (Å²) in [7, 11) is 0. The zero-order chi connectivity index (χ0) is 15.4. The van der Waals surface area contributed by atoms with Gasteiger partial charge in [-0.25, -0.2) is 4.98 Å². The molecule has 2 aromatic rings. The largest absolute Gasteiger partial charge is 0.466 e. The summed E-state index contributed by atoms with van der Waals surface area (Å²) in [6.45, 7) is 5.80. The van der Waals surface area contributed by atoms with E-state index >= 15 is 0 Å². The lowest BCUT2D eigenvalue weighted by Gasteiger charge is -2.06. The number of pyridine rings is 1. The van der Waals surface area contributed by atoms with Crippen LogP contribution in [-0.2, 0) is 9.53 Å². The number of aryl methyl sites for hydroxylation is 2. The van der Waals surface area contributed by atoms with Crippen LogP contribution in [0.1, 0.15) is 35.1 Å². The van der Waals surface area contributed by atoms with Crippen molar-refractivity contribution in [3.8, 4) is 0 Å². The van der Waals surface area contributed by atoms with Crippen LogP contribution in [-0.4, -0.2) is 35.2 Å². The van der Waals surface area contributed by atoms with Gasteiger partial charge >= 0.3 is 5.97 Å². The Balaban J connectivity index is 2.12. The highest BCUT2D eigenvalue weighted by Crippen LogP contribution is 2.21. The summed E-state index contributed by atoms with van der Waals surface area (Å²) in [5.74, 6) is -0.629. The predicted molar refractivity (Wildman–Crippen MR) is 74.9 cm³/mol. The number of aromatic nitrogens is 2. The topological polar surface area (TPSA) is 94.3 Å². The van der Waals surface area contributed by atoms with Gasteiger partial charge in [0.2, 0.25) is 0 Å². The quantitative estimate of drug-likeness (QED) is 0.839. The van der Waals surface area contributed by atoms with Crippen LogP contribution in [0.5, 0.6) is 0 Å². The van der Waals surface area contributed by atoms with Crippen molar-refractivity contribution in [2.24, 2.45) is 0 Å². The van der Waals surface area contributed by atoms with Crippen LogP contribution in [0.25, 0.3) is 11.1 Å². The van der Waals surface area contributed by atoms with Crippen molar-refractivity contribution in [2.45, 2.75) is 27.2 Å². The average Bonchev–Trinajstić information content (AvgIpc) is 2.79. The van der Waals surface area contributed by atoms with Crippen molar-refractivity contribution >= 4 is 23.0 Å². The smallest absolute Gasteiger partial charge is 0.307 e. The fourth-order valence-corrected chi connectivity index (χ4v) is 2.00. The summed E-state index contributed by atoms with van der Waals surface area (Å²) in [4.78, 5) is 27.7. The maximum atomic E-state index is 12.2. The summed E-state index contributed by atoms with van der Waals surface area (Å²) in [6, 6.07) is 1.67. The van der Waals surface area contributed by atoms with Gasteiger partial charge < -0.3 is 14.6 Å². The van der Waals surface area contributed by atoms with E-state index in [1.807, 2.05) is 0 Å². The number of carbonyl (C=O) groups is 2. The Bertz CT molecular complexity index is 678. The van der Waals surface area contributed by atoms with Gasteiger partial charge in [0.15, 0.2) is 0 Å². The molecule has 0 aromatic carbocycles. The summed E-state index contributed by atoms with van der Waals surface area (Å²) in [5, 5.41) is 7.10. The van der Waals surface area contributed by atoms with E-state index < -0.39 is 0 Å². The summed E-state index contributed by atoms with van der Waals surface area (Å²) >= 11 is 0. The Labute approximate surface area is 121 Å². The first-order valence-electron chi connectivity index (χ1n) is 6.70. The molecule has 0 aliphatic heterocycles. The highest BCUT2D eigenvalue weighted by Gasteiger charge is 2.17. The molecule has 0 radical (unpaired) electrons. The Morgan fingerprint density at radius 3 is 2.86 bits per heavy atom. The Hall–Kier alpha value is -2.44. The molecule has 0 aliphatic rings. The standard InChI is InChI=1S/C14H17N3O4/c1-4-20-11(18)5-6-15-13(19)10-7-8(2)16-14-12(10)9(3)17-21-14/h7H,4-6H2,1-3H3,(H,15,19). The van der Waals surface area contributed by atoms with Gasteiger partial charge in [-0.3, -0.25) is 9.59 Å². The van der Waals surface area contributed by atoms with E-state index in [9.17, 15) is 9.59 Å². The second-order valence-electron chi connectivity index (χ2n) is 4.57. The first kappa shape index (κ1) is 15.0. The Morgan fingerprint density at radius 2 is 2.14 bits per heavy atom. The molecule has 0 unspecified atom stereocenters. The van der Waals surface area contributed by atoms with E-state index in [-0.39, 0.29) is 24.8 Å². The lowest BCUT2D eigenvalue weighted by Crippen LogP contribution is -2.27. The van der Waals surface area contributed by atoms with E-state index in [1.54, 1.807) is 26.8 Å². The monoisotopic (exact) mass is 291 g/mol. The number of hydrogen-bond donors (Lipinski definition) is 1. The molecule has 21 heavy (non-hydrogen) atoms. The fourth-order valence-electron chi connectivity index (χ4n) is 2.00. The number of esters is 1. The lowest BCUT2D eigenvalue weighted by atomic mass is 10.1. The summed E-state index contributed by atoms with van der Waals surface area (Å²) in [5.41, 5.74) is 2.05. The molecule has 0 saturated heterocycles. The van der Waals surface area contributed by atoms with Crippen LogP contribution >= 0.6 is 0 Å². The molecule has 0 fully saturated rings. The van der Waals surface area contributed by atoms with Crippen molar-refractivity contribution in [1.29, 1.82) is 0 Å². The molecule has 2 aromatic heterocycles. The van der Waals surface area contributed by atoms with Crippen molar-refractivity contribution in [3.05, 3.63) is 23.0 Å². The first-order chi connectivity index (χ1) is 10.0. The van der Waals surface area contributed by atoms with Crippen LogP contribution in [0.3, 0.4) is 0 Å². The van der Waals surface area contributed by atoms with E-state index in [0.29, 0.717) is 34.7 Å². The summed E-state index contributed by atoms with van der Waals surface area (Å²) < 4.78 is 9.88. The minimum Gasteiger partial charge on any atom is -0.466 e. The normalized spacial score (nSPS) is 10.6. The molecular formula is C14H17N3O4. The van der Waals surface area contributed by atoms with Crippen molar-refractivity contribution in [1.82, 2.24) is 15.5 Å². The van der Waals surface area contributed by atoms with Crippen LogP contribution in [0.15, 0.2) is 10.6 Å². The fraction of sp³-hybridized carbons (Fsp3) is 0.429. The number of rotatable bonds is 5. The maximum Gasteiger partial charge on any atom is 0.307 e. The van der Waals surface area contributed by atoms with Gasteiger partial charge in [0, 0.05) is 12.2 Å². The molecule has 7 nitrogen and oxygen atoms in total. The van der Waals surface area contributed by atoms with Gasteiger partial charge in [-0.05, 0) is 26.8 Å². The number of ether oxygens (including phenoxy) is 1. The number of carbonyl (C=O) groups excluding carboxylic acids is 2. The van der Waals surface area contributed by atoms with Crippen LogP contribution in [0.2, 0.25) is 0 Å². The molecule has 112 valence electrons. The van der Waals surface area contributed by atoms with E-state index in [2.05, 4.69) is 15.5 Å². The molecular weight excluding hydrogens is 274 g/mol. The summed E-state index contributed by atoms with van der Waals surface area (Å²) in [6.07, 6.45) is 0.134.